The summed E-state index contributed by atoms with van der Waals surface area (Å²) in [6.45, 7) is 4.78. The highest BCUT2D eigenvalue weighted by Gasteiger charge is 2.32. The van der Waals surface area contributed by atoms with Crippen LogP contribution in [0.3, 0.4) is 0 Å². The molecule has 7 nitrogen and oxygen atoms in total. The van der Waals surface area contributed by atoms with Gasteiger partial charge in [0, 0.05) is 64.3 Å². The Morgan fingerprint density at radius 2 is 1.84 bits per heavy atom. The van der Waals surface area contributed by atoms with Crippen molar-refractivity contribution in [3.05, 3.63) is 29.8 Å². The van der Waals surface area contributed by atoms with Crippen LogP contribution in [0.1, 0.15) is 24.8 Å². The van der Waals surface area contributed by atoms with E-state index in [1.807, 2.05) is 4.90 Å². The summed E-state index contributed by atoms with van der Waals surface area (Å²) in [5.41, 5.74) is 0.384. The summed E-state index contributed by atoms with van der Waals surface area (Å²) in [6.07, 6.45) is -1.51. The SMILES string of the molecule is CN=C(NCCN1CCN(C(=O)C2CCC2)CC1)NCc1ccccc1OC(F)(F)F.I. The number of amides is 1. The van der Waals surface area contributed by atoms with E-state index in [0.29, 0.717) is 24.0 Å². The van der Waals surface area contributed by atoms with Gasteiger partial charge in [0.05, 0.1) is 0 Å². The van der Waals surface area contributed by atoms with Crippen molar-refractivity contribution < 1.29 is 22.7 Å². The van der Waals surface area contributed by atoms with Crippen molar-refractivity contribution in [2.75, 3.05) is 46.3 Å². The summed E-state index contributed by atoms with van der Waals surface area (Å²) in [6, 6.07) is 6.02. The second-order valence-corrected chi connectivity index (χ2v) is 7.80. The van der Waals surface area contributed by atoms with Crippen LogP contribution >= 0.6 is 24.0 Å². The average molecular weight is 569 g/mol. The molecule has 3 rings (SSSR count). The molecule has 180 valence electrons. The number of benzene rings is 1. The van der Waals surface area contributed by atoms with Crippen LogP contribution in [0, 0.1) is 5.92 Å². The van der Waals surface area contributed by atoms with Crippen molar-refractivity contribution in [2.24, 2.45) is 10.9 Å². The van der Waals surface area contributed by atoms with Crippen molar-refractivity contribution in [1.29, 1.82) is 0 Å². The zero-order chi connectivity index (χ0) is 22.3. The lowest BCUT2D eigenvalue weighted by Gasteiger charge is -2.38. The number of ether oxygens (including phenoxy) is 1. The molecule has 2 fully saturated rings. The van der Waals surface area contributed by atoms with E-state index in [4.69, 9.17) is 0 Å². The molecule has 2 N–H and O–H groups in total. The lowest BCUT2D eigenvalue weighted by Crippen LogP contribution is -2.52. The Balaban J connectivity index is 0.00000363. The van der Waals surface area contributed by atoms with Crippen LogP contribution in [-0.4, -0.2) is 74.3 Å². The van der Waals surface area contributed by atoms with Gasteiger partial charge in [-0.1, -0.05) is 24.6 Å². The number of guanidine groups is 1. The highest BCUT2D eigenvalue weighted by Crippen LogP contribution is 2.28. The first kappa shape index (κ1) is 26.5. The molecule has 1 amide bonds. The molecule has 1 heterocycles. The lowest BCUT2D eigenvalue weighted by atomic mass is 9.84. The van der Waals surface area contributed by atoms with Crippen LogP contribution < -0.4 is 15.4 Å². The van der Waals surface area contributed by atoms with Gasteiger partial charge in [-0.05, 0) is 18.9 Å². The van der Waals surface area contributed by atoms with Gasteiger partial charge in [0.25, 0.3) is 0 Å². The zero-order valence-corrected chi connectivity index (χ0v) is 20.5. The molecule has 0 atom stereocenters. The maximum Gasteiger partial charge on any atom is 0.573 e. The van der Waals surface area contributed by atoms with E-state index in [0.717, 1.165) is 45.6 Å². The van der Waals surface area contributed by atoms with Crippen LogP contribution in [0.4, 0.5) is 13.2 Å². The Morgan fingerprint density at radius 1 is 1.16 bits per heavy atom. The minimum absolute atomic E-state index is 0. The summed E-state index contributed by atoms with van der Waals surface area (Å²) in [5.74, 6) is 0.825. The van der Waals surface area contributed by atoms with Gasteiger partial charge in [-0.2, -0.15) is 0 Å². The van der Waals surface area contributed by atoms with Crippen molar-refractivity contribution >= 4 is 35.8 Å². The van der Waals surface area contributed by atoms with E-state index in [9.17, 15) is 18.0 Å². The van der Waals surface area contributed by atoms with E-state index < -0.39 is 6.36 Å². The third-order valence-electron chi connectivity index (χ3n) is 5.73. The van der Waals surface area contributed by atoms with Gasteiger partial charge in [0.2, 0.25) is 5.91 Å². The lowest BCUT2D eigenvalue weighted by molar-refractivity contribution is -0.274. The monoisotopic (exact) mass is 569 g/mol. The second kappa shape index (κ2) is 12.5. The van der Waals surface area contributed by atoms with Crippen molar-refractivity contribution in [2.45, 2.75) is 32.2 Å². The quantitative estimate of drug-likeness (QED) is 0.301. The minimum atomic E-state index is -4.73. The van der Waals surface area contributed by atoms with Crippen LogP contribution in [0.15, 0.2) is 29.3 Å². The second-order valence-electron chi connectivity index (χ2n) is 7.80. The number of hydrogen-bond acceptors (Lipinski definition) is 4. The molecule has 0 aromatic heterocycles. The van der Waals surface area contributed by atoms with Crippen LogP contribution in [0.2, 0.25) is 0 Å². The van der Waals surface area contributed by atoms with Gasteiger partial charge in [-0.15, -0.1) is 37.1 Å². The summed E-state index contributed by atoms with van der Waals surface area (Å²) in [5, 5.41) is 6.20. The molecule has 1 aliphatic heterocycles. The average Bonchev–Trinajstić information content (AvgIpc) is 2.69. The third kappa shape index (κ3) is 7.98. The maximum atomic E-state index is 12.6. The largest absolute Gasteiger partial charge is 0.573 e. The van der Waals surface area contributed by atoms with Crippen molar-refractivity contribution in [3.8, 4) is 5.75 Å². The van der Waals surface area contributed by atoms with E-state index in [-0.39, 0.29) is 42.2 Å². The Kier molecular flexibility index (Phi) is 10.3. The number of alkyl halides is 3. The first-order valence-corrected chi connectivity index (χ1v) is 10.6. The van der Waals surface area contributed by atoms with Gasteiger partial charge in [-0.3, -0.25) is 14.7 Å². The van der Waals surface area contributed by atoms with Crippen LogP contribution in [-0.2, 0) is 11.3 Å². The first-order chi connectivity index (χ1) is 14.9. The number of para-hydroxylation sites is 1. The molecular weight excluding hydrogens is 538 g/mol. The summed E-state index contributed by atoms with van der Waals surface area (Å²) < 4.78 is 41.7. The number of nitrogens with zero attached hydrogens (tertiary/aromatic N) is 3. The number of piperazine rings is 1. The number of carbonyl (C=O) groups is 1. The molecule has 1 saturated heterocycles. The molecule has 1 aliphatic carbocycles. The van der Waals surface area contributed by atoms with Crippen molar-refractivity contribution in [1.82, 2.24) is 20.4 Å². The Hall–Kier alpha value is -1.76. The molecule has 2 aliphatic rings. The predicted molar refractivity (Wildman–Crippen MR) is 127 cm³/mol. The van der Waals surface area contributed by atoms with Crippen molar-refractivity contribution in [3.63, 3.8) is 0 Å². The fourth-order valence-electron chi connectivity index (χ4n) is 3.71. The van der Waals surface area contributed by atoms with Crippen LogP contribution in [0.25, 0.3) is 0 Å². The Labute approximate surface area is 203 Å². The number of aliphatic imine (C=N–C) groups is 1. The number of hydrogen-bond donors (Lipinski definition) is 2. The molecule has 32 heavy (non-hydrogen) atoms. The van der Waals surface area contributed by atoms with Gasteiger partial charge in [0.1, 0.15) is 5.75 Å². The van der Waals surface area contributed by atoms with Crippen LogP contribution in [0.5, 0.6) is 5.75 Å². The molecule has 0 radical (unpaired) electrons. The van der Waals surface area contributed by atoms with E-state index >= 15 is 0 Å². The van der Waals surface area contributed by atoms with Gasteiger partial charge >= 0.3 is 6.36 Å². The molecule has 1 aromatic carbocycles. The smallest absolute Gasteiger partial charge is 0.405 e. The zero-order valence-electron chi connectivity index (χ0n) is 18.2. The van der Waals surface area contributed by atoms with E-state index in [2.05, 4.69) is 25.3 Å². The standard InChI is InChI=1S/C21H30F3N5O2.HI/c1-25-20(27-15-17-5-2-3-8-18(17)31-21(22,23)24)26-9-10-28-11-13-29(14-12-28)19(30)16-6-4-7-16;/h2-3,5,8,16H,4,6-7,9-15H2,1H3,(H2,25,26,27);1H. The summed E-state index contributed by atoms with van der Waals surface area (Å²) in [7, 11) is 1.61. The number of nitrogens with one attached hydrogen (secondary N) is 2. The fraction of sp³-hybridized carbons (Fsp3) is 0.619. The highest BCUT2D eigenvalue weighted by molar-refractivity contribution is 14.0. The number of rotatable bonds is 7. The van der Waals surface area contributed by atoms with Gasteiger partial charge < -0.3 is 20.3 Å². The third-order valence-corrected chi connectivity index (χ3v) is 5.73. The van der Waals surface area contributed by atoms with E-state index in [1.54, 1.807) is 19.2 Å². The molecular formula is C21H31F3IN5O2. The molecule has 0 unspecified atom stereocenters. The summed E-state index contributed by atoms with van der Waals surface area (Å²) in [4.78, 5) is 20.7. The molecule has 1 aromatic rings. The minimum Gasteiger partial charge on any atom is -0.405 e. The predicted octanol–water partition coefficient (Wildman–Crippen LogP) is 2.81. The number of halogens is 4. The van der Waals surface area contributed by atoms with Gasteiger partial charge in [0.15, 0.2) is 5.96 Å². The highest BCUT2D eigenvalue weighted by atomic mass is 127. The normalized spacial score (nSPS) is 17.9. The molecule has 0 spiro atoms. The fourth-order valence-corrected chi connectivity index (χ4v) is 3.71. The Bertz CT molecular complexity index is 766. The maximum absolute atomic E-state index is 12.6. The molecule has 0 bridgehead atoms. The molecule has 1 saturated carbocycles. The van der Waals surface area contributed by atoms with Gasteiger partial charge in [-0.25, -0.2) is 0 Å². The Morgan fingerprint density at radius 3 is 2.44 bits per heavy atom. The molecule has 11 heteroatoms. The topological polar surface area (TPSA) is 69.2 Å². The first-order valence-electron chi connectivity index (χ1n) is 10.6. The number of carbonyl (C=O) groups excluding carboxylic acids is 1. The summed E-state index contributed by atoms with van der Waals surface area (Å²) >= 11 is 0. The van der Waals surface area contributed by atoms with E-state index in [1.165, 1.54) is 18.6 Å².